The average molecular weight is 384 g/mol. The Balaban J connectivity index is 2.28. The summed E-state index contributed by atoms with van der Waals surface area (Å²) in [6.45, 7) is 8.50. The van der Waals surface area contributed by atoms with Crippen LogP contribution < -0.4 is 11.3 Å². The van der Waals surface area contributed by atoms with Crippen molar-refractivity contribution in [3.05, 3.63) is 50.4 Å². The Hall–Kier alpha value is -2.47. The Bertz CT molecular complexity index is 1080. The number of hydrogen-bond acceptors (Lipinski definition) is 4. The molecule has 142 valence electrons. The first-order chi connectivity index (χ1) is 12.8. The lowest BCUT2D eigenvalue weighted by Gasteiger charge is -2.12. The van der Waals surface area contributed by atoms with Crippen molar-refractivity contribution in [2.75, 3.05) is 0 Å². The van der Waals surface area contributed by atoms with Gasteiger partial charge in [-0.05, 0) is 43.9 Å². The molecule has 0 saturated heterocycles. The molecule has 1 amide bonds. The molecule has 0 bridgehead atoms. The third-order valence-corrected chi connectivity index (χ3v) is 5.92. The van der Waals surface area contributed by atoms with E-state index in [-0.39, 0.29) is 18.5 Å². The van der Waals surface area contributed by atoms with Gasteiger partial charge in [-0.25, -0.2) is 4.98 Å². The molecular weight excluding hydrogens is 358 g/mol. The number of hydrogen-bond donors (Lipinski definition) is 1. The van der Waals surface area contributed by atoms with E-state index in [1.807, 2.05) is 6.92 Å². The fraction of sp³-hybridized carbons (Fsp3) is 0.381. The molecule has 2 N–H and O–H groups in total. The van der Waals surface area contributed by atoms with Gasteiger partial charge in [0.05, 0.1) is 5.39 Å². The molecule has 0 aliphatic carbocycles. The zero-order chi connectivity index (χ0) is 19.7. The minimum Gasteiger partial charge on any atom is -0.370 e. The summed E-state index contributed by atoms with van der Waals surface area (Å²) in [6.07, 6.45) is 1.70. The van der Waals surface area contributed by atoms with Crippen LogP contribution in [-0.2, 0) is 17.8 Å². The molecule has 2 aromatic heterocycles. The van der Waals surface area contributed by atoms with Crippen LogP contribution in [0.15, 0.2) is 23.0 Å². The number of aryl methyl sites for hydroxylation is 4. The molecule has 0 unspecified atom stereocenters. The number of thiophene rings is 1. The minimum absolute atomic E-state index is 0.0812. The molecule has 2 heterocycles. The van der Waals surface area contributed by atoms with E-state index in [1.165, 1.54) is 11.1 Å². The largest absolute Gasteiger partial charge is 0.370 e. The number of rotatable bonds is 6. The van der Waals surface area contributed by atoms with Gasteiger partial charge < -0.3 is 5.73 Å². The van der Waals surface area contributed by atoms with Crippen LogP contribution >= 0.6 is 11.3 Å². The Morgan fingerprint density at radius 3 is 2.59 bits per heavy atom. The number of carbonyl (C=O) groups excluding carboxylic acids is 1. The molecule has 0 fully saturated rings. The van der Waals surface area contributed by atoms with E-state index in [0.29, 0.717) is 11.8 Å². The standard InChI is InChI=1S/C21H25N3O2S/c1-5-6-17-23-20-19(21(26)24(17)10-9-16(22)25)18(14(4)27-20)15-8-7-12(2)13(3)11-15/h7-8,11H,5-6,9-10H2,1-4H3,(H2,22,25). The molecule has 27 heavy (non-hydrogen) atoms. The second kappa shape index (κ2) is 7.64. The predicted octanol–water partition coefficient (Wildman–Crippen LogP) is 3.88. The van der Waals surface area contributed by atoms with Crippen LogP contribution in [0.4, 0.5) is 0 Å². The van der Waals surface area contributed by atoms with E-state index in [2.05, 4.69) is 39.0 Å². The van der Waals surface area contributed by atoms with Gasteiger partial charge >= 0.3 is 0 Å². The highest BCUT2D eigenvalue weighted by atomic mass is 32.1. The molecule has 0 radical (unpaired) electrons. The lowest BCUT2D eigenvalue weighted by molar-refractivity contribution is -0.118. The number of fused-ring (bicyclic) bond motifs is 1. The van der Waals surface area contributed by atoms with Crippen LogP contribution in [0.3, 0.4) is 0 Å². The summed E-state index contributed by atoms with van der Waals surface area (Å²) in [5.41, 5.74) is 9.62. The molecule has 1 aromatic carbocycles. The van der Waals surface area contributed by atoms with Gasteiger partial charge in [0.25, 0.3) is 5.56 Å². The van der Waals surface area contributed by atoms with Gasteiger partial charge in [-0.3, -0.25) is 14.2 Å². The summed E-state index contributed by atoms with van der Waals surface area (Å²) in [5, 5.41) is 0.644. The van der Waals surface area contributed by atoms with Crippen molar-refractivity contribution >= 4 is 27.5 Å². The second-order valence-electron chi connectivity index (χ2n) is 6.96. The molecule has 3 aromatic rings. The van der Waals surface area contributed by atoms with E-state index < -0.39 is 5.91 Å². The maximum absolute atomic E-state index is 13.4. The van der Waals surface area contributed by atoms with Crippen LogP contribution in [0, 0.1) is 20.8 Å². The Kier molecular flexibility index (Phi) is 5.46. The van der Waals surface area contributed by atoms with Gasteiger partial charge in [-0.1, -0.05) is 25.1 Å². The summed E-state index contributed by atoms with van der Waals surface area (Å²) < 4.78 is 1.63. The van der Waals surface area contributed by atoms with Crippen molar-refractivity contribution in [3.8, 4) is 11.1 Å². The molecule has 0 spiro atoms. The molecule has 5 nitrogen and oxygen atoms in total. The number of nitrogens with zero attached hydrogens (tertiary/aromatic N) is 2. The maximum Gasteiger partial charge on any atom is 0.262 e. The first-order valence-electron chi connectivity index (χ1n) is 9.22. The number of aromatic nitrogens is 2. The predicted molar refractivity (Wildman–Crippen MR) is 111 cm³/mol. The number of amides is 1. The highest BCUT2D eigenvalue weighted by molar-refractivity contribution is 7.19. The summed E-state index contributed by atoms with van der Waals surface area (Å²) in [7, 11) is 0. The van der Waals surface area contributed by atoms with Gasteiger partial charge in [-0.15, -0.1) is 11.3 Å². The second-order valence-corrected chi connectivity index (χ2v) is 8.17. The zero-order valence-corrected chi connectivity index (χ0v) is 17.1. The SMILES string of the molecule is CCCc1nc2sc(C)c(-c3ccc(C)c(C)c3)c2c(=O)n1CCC(N)=O. The Morgan fingerprint density at radius 2 is 1.96 bits per heavy atom. The maximum atomic E-state index is 13.4. The van der Waals surface area contributed by atoms with E-state index in [0.717, 1.165) is 33.1 Å². The van der Waals surface area contributed by atoms with E-state index >= 15 is 0 Å². The van der Waals surface area contributed by atoms with Crippen LogP contribution in [0.5, 0.6) is 0 Å². The zero-order valence-electron chi connectivity index (χ0n) is 16.3. The average Bonchev–Trinajstić information content (AvgIpc) is 2.93. The van der Waals surface area contributed by atoms with Crippen molar-refractivity contribution in [2.45, 2.75) is 53.5 Å². The normalized spacial score (nSPS) is 11.3. The van der Waals surface area contributed by atoms with Gasteiger partial charge in [0.2, 0.25) is 5.91 Å². The van der Waals surface area contributed by atoms with Crippen molar-refractivity contribution in [3.63, 3.8) is 0 Å². The highest BCUT2D eigenvalue weighted by Crippen LogP contribution is 2.36. The first kappa shape index (κ1) is 19.3. The summed E-state index contributed by atoms with van der Waals surface area (Å²) in [4.78, 5) is 31.3. The van der Waals surface area contributed by atoms with Crippen molar-refractivity contribution in [1.29, 1.82) is 0 Å². The number of primary amides is 1. The summed E-state index contributed by atoms with van der Waals surface area (Å²) in [6, 6.07) is 6.26. The van der Waals surface area contributed by atoms with Gasteiger partial charge in [0.1, 0.15) is 10.7 Å². The fourth-order valence-corrected chi connectivity index (χ4v) is 4.40. The lowest BCUT2D eigenvalue weighted by atomic mass is 9.99. The number of nitrogens with two attached hydrogens (primary N) is 1. The number of carbonyl (C=O) groups is 1. The van der Waals surface area contributed by atoms with Gasteiger partial charge in [0.15, 0.2) is 0 Å². The quantitative estimate of drug-likeness (QED) is 0.702. The molecule has 0 aliphatic rings. The highest BCUT2D eigenvalue weighted by Gasteiger charge is 2.20. The van der Waals surface area contributed by atoms with Crippen molar-refractivity contribution in [2.24, 2.45) is 5.73 Å². The van der Waals surface area contributed by atoms with E-state index in [4.69, 9.17) is 10.7 Å². The molecule has 6 heteroatoms. The third kappa shape index (κ3) is 3.67. The van der Waals surface area contributed by atoms with Crippen molar-refractivity contribution < 1.29 is 4.79 Å². The molecule has 0 atom stereocenters. The van der Waals surface area contributed by atoms with Crippen LogP contribution in [-0.4, -0.2) is 15.5 Å². The van der Waals surface area contributed by atoms with E-state index in [1.54, 1.807) is 15.9 Å². The van der Waals surface area contributed by atoms with Gasteiger partial charge in [0, 0.05) is 29.8 Å². The third-order valence-electron chi connectivity index (χ3n) is 4.92. The van der Waals surface area contributed by atoms with Crippen LogP contribution in [0.2, 0.25) is 0 Å². The summed E-state index contributed by atoms with van der Waals surface area (Å²) >= 11 is 1.55. The molecular formula is C21H25N3O2S. The first-order valence-corrected chi connectivity index (χ1v) is 10.0. The van der Waals surface area contributed by atoms with Crippen molar-refractivity contribution in [1.82, 2.24) is 9.55 Å². The Morgan fingerprint density at radius 1 is 1.22 bits per heavy atom. The molecule has 3 rings (SSSR count). The smallest absolute Gasteiger partial charge is 0.262 e. The lowest BCUT2D eigenvalue weighted by Crippen LogP contribution is -2.27. The van der Waals surface area contributed by atoms with Gasteiger partial charge in [-0.2, -0.15) is 0 Å². The minimum atomic E-state index is -0.416. The Labute approximate surface area is 162 Å². The van der Waals surface area contributed by atoms with E-state index in [9.17, 15) is 9.59 Å². The molecule has 0 aliphatic heterocycles. The summed E-state index contributed by atoms with van der Waals surface area (Å²) in [5.74, 6) is 0.310. The fourth-order valence-electron chi connectivity index (χ4n) is 3.35. The van der Waals surface area contributed by atoms with Crippen LogP contribution in [0.1, 0.15) is 41.6 Å². The monoisotopic (exact) mass is 383 g/mol. The molecule has 0 saturated carbocycles. The number of benzene rings is 1. The topological polar surface area (TPSA) is 78.0 Å². The van der Waals surface area contributed by atoms with Crippen LogP contribution in [0.25, 0.3) is 21.3 Å².